The average molecular weight is 317 g/mol. The number of halogens is 2. The van der Waals surface area contributed by atoms with Gasteiger partial charge in [-0.3, -0.25) is 0 Å². The van der Waals surface area contributed by atoms with Crippen molar-refractivity contribution < 1.29 is 14.3 Å². The van der Waals surface area contributed by atoms with Crippen LogP contribution < -0.4 is 10.6 Å². The number of carbonyl (C=O) groups is 1. The third kappa shape index (κ3) is 5.52. The highest BCUT2D eigenvalue weighted by Crippen LogP contribution is 2.19. The number of urea groups is 1. The van der Waals surface area contributed by atoms with Gasteiger partial charge in [0.05, 0.1) is 0 Å². The third-order valence-electron chi connectivity index (χ3n) is 3.58. The maximum atomic E-state index is 13.6. The minimum atomic E-state index is -0.450. The van der Waals surface area contributed by atoms with Crippen molar-refractivity contribution in [2.24, 2.45) is 0 Å². The lowest BCUT2D eigenvalue weighted by molar-refractivity contribution is 0.201. The van der Waals surface area contributed by atoms with Crippen LogP contribution >= 0.6 is 11.6 Å². The lowest BCUT2D eigenvalue weighted by Crippen LogP contribution is -2.50. The van der Waals surface area contributed by atoms with E-state index in [1.54, 1.807) is 12.1 Å². The van der Waals surface area contributed by atoms with Gasteiger partial charge in [-0.25, -0.2) is 9.18 Å². The Labute approximate surface area is 129 Å². The molecule has 0 saturated carbocycles. The topological polar surface area (TPSA) is 61.4 Å². The van der Waals surface area contributed by atoms with Gasteiger partial charge in [-0.05, 0) is 38.3 Å². The summed E-state index contributed by atoms with van der Waals surface area (Å²) >= 11 is 5.92. The number of hydrogen-bond donors (Lipinski definition) is 3. The van der Waals surface area contributed by atoms with Crippen LogP contribution in [0.4, 0.5) is 9.18 Å². The molecule has 0 aromatic heterocycles. The predicted molar refractivity (Wildman–Crippen MR) is 82.0 cm³/mol. The number of aliphatic hydroxyl groups excluding tert-OH is 1. The van der Waals surface area contributed by atoms with Crippen LogP contribution in [0.3, 0.4) is 0 Å². The van der Waals surface area contributed by atoms with Gasteiger partial charge in [-0.15, -0.1) is 0 Å². The van der Waals surface area contributed by atoms with E-state index in [4.69, 9.17) is 16.7 Å². The Bertz CT molecular complexity index is 464. The minimum absolute atomic E-state index is 0.00938. The zero-order valence-electron chi connectivity index (χ0n) is 12.4. The highest BCUT2D eigenvalue weighted by molar-refractivity contribution is 6.31. The number of benzene rings is 1. The molecular weight excluding hydrogens is 295 g/mol. The first-order valence-corrected chi connectivity index (χ1v) is 7.39. The molecule has 0 bridgehead atoms. The van der Waals surface area contributed by atoms with E-state index in [1.165, 1.54) is 6.07 Å². The van der Waals surface area contributed by atoms with E-state index in [2.05, 4.69) is 10.6 Å². The molecule has 1 unspecified atom stereocenters. The molecule has 0 radical (unpaired) electrons. The van der Waals surface area contributed by atoms with E-state index in [-0.39, 0.29) is 25.0 Å². The second-order valence-electron chi connectivity index (χ2n) is 5.22. The fourth-order valence-corrected chi connectivity index (χ4v) is 2.22. The number of nitrogens with one attached hydrogen (secondary N) is 2. The summed E-state index contributed by atoms with van der Waals surface area (Å²) in [4.78, 5) is 11.8. The second-order valence-corrected chi connectivity index (χ2v) is 5.63. The van der Waals surface area contributed by atoms with E-state index >= 15 is 0 Å². The van der Waals surface area contributed by atoms with E-state index in [1.807, 2.05) is 13.8 Å². The molecule has 3 N–H and O–H groups in total. The number of hydrogen-bond acceptors (Lipinski definition) is 2. The van der Waals surface area contributed by atoms with Crippen LogP contribution in [0.1, 0.15) is 32.3 Å². The van der Waals surface area contributed by atoms with Gasteiger partial charge in [-0.1, -0.05) is 24.6 Å². The normalized spacial score (nSPS) is 13.6. The number of amides is 2. The first-order valence-electron chi connectivity index (χ1n) is 7.01. The van der Waals surface area contributed by atoms with Gasteiger partial charge in [0, 0.05) is 29.3 Å². The largest absolute Gasteiger partial charge is 0.396 e. The molecule has 0 saturated heterocycles. The molecule has 0 heterocycles. The van der Waals surface area contributed by atoms with Crippen molar-refractivity contribution in [1.82, 2.24) is 10.6 Å². The van der Waals surface area contributed by atoms with E-state index in [0.29, 0.717) is 29.8 Å². The summed E-state index contributed by atoms with van der Waals surface area (Å²) in [5.41, 5.74) is -0.0536. The predicted octanol–water partition coefficient (Wildman–Crippen LogP) is 2.87. The van der Waals surface area contributed by atoms with Crippen LogP contribution in [0.25, 0.3) is 0 Å². The fraction of sp³-hybridized carbons (Fsp3) is 0.533. The lowest BCUT2D eigenvalue weighted by atomic mass is 9.95. The summed E-state index contributed by atoms with van der Waals surface area (Å²) in [6, 6.07) is 4.18. The summed E-state index contributed by atoms with van der Waals surface area (Å²) in [5, 5.41) is 14.9. The standard InChI is InChI=1S/C15H22ClFN2O2/c1-3-15(2,8-10-20)19-14(21)18-9-7-11-12(16)5-4-6-13(11)17/h4-6,20H,3,7-10H2,1-2H3,(H2,18,19,21). The van der Waals surface area contributed by atoms with Gasteiger partial charge >= 0.3 is 6.03 Å². The van der Waals surface area contributed by atoms with Gasteiger partial charge in [0.1, 0.15) is 5.82 Å². The van der Waals surface area contributed by atoms with Gasteiger partial charge in [0.25, 0.3) is 0 Å². The summed E-state index contributed by atoms with van der Waals surface area (Å²) in [5.74, 6) is -0.372. The van der Waals surface area contributed by atoms with Crippen LogP contribution in [0, 0.1) is 5.82 Å². The fourth-order valence-electron chi connectivity index (χ4n) is 1.96. The molecule has 0 aliphatic carbocycles. The first-order chi connectivity index (χ1) is 9.91. The maximum absolute atomic E-state index is 13.6. The summed E-state index contributed by atoms with van der Waals surface area (Å²) in [6.45, 7) is 4.10. The Kier molecular flexibility index (Phi) is 6.92. The summed E-state index contributed by atoms with van der Waals surface area (Å²) in [7, 11) is 0. The molecular formula is C15H22ClFN2O2. The Hall–Kier alpha value is -1.33. The molecule has 4 nitrogen and oxygen atoms in total. The number of aliphatic hydroxyl groups is 1. The highest BCUT2D eigenvalue weighted by Gasteiger charge is 2.23. The molecule has 1 rings (SSSR count). The Morgan fingerprint density at radius 1 is 1.48 bits per heavy atom. The Morgan fingerprint density at radius 3 is 2.76 bits per heavy atom. The molecule has 0 spiro atoms. The zero-order chi connectivity index (χ0) is 15.9. The van der Waals surface area contributed by atoms with Gasteiger partial charge in [0.15, 0.2) is 0 Å². The molecule has 1 aromatic carbocycles. The van der Waals surface area contributed by atoms with Gasteiger partial charge < -0.3 is 15.7 Å². The van der Waals surface area contributed by atoms with Crippen molar-refractivity contribution in [3.05, 3.63) is 34.6 Å². The van der Waals surface area contributed by atoms with Crippen molar-refractivity contribution in [3.8, 4) is 0 Å². The van der Waals surface area contributed by atoms with Crippen LogP contribution in [-0.2, 0) is 6.42 Å². The second kappa shape index (κ2) is 8.20. The van der Waals surface area contributed by atoms with Gasteiger partial charge in [-0.2, -0.15) is 0 Å². The maximum Gasteiger partial charge on any atom is 0.315 e. The van der Waals surface area contributed by atoms with Crippen molar-refractivity contribution >= 4 is 17.6 Å². The van der Waals surface area contributed by atoms with Crippen LogP contribution in [0.5, 0.6) is 0 Å². The van der Waals surface area contributed by atoms with Crippen LogP contribution in [-0.4, -0.2) is 29.8 Å². The smallest absolute Gasteiger partial charge is 0.315 e. The number of rotatable bonds is 7. The summed E-state index contributed by atoms with van der Waals surface area (Å²) < 4.78 is 13.6. The van der Waals surface area contributed by atoms with Gasteiger partial charge in [0.2, 0.25) is 0 Å². The highest BCUT2D eigenvalue weighted by atomic mass is 35.5. The van der Waals surface area contributed by atoms with Crippen LogP contribution in [0.2, 0.25) is 5.02 Å². The van der Waals surface area contributed by atoms with Crippen LogP contribution in [0.15, 0.2) is 18.2 Å². The molecule has 0 aliphatic rings. The van der Waals surface area contributed by atoms with Crippen molar-refractivity contribution in [2.75, 3.05) is 13.2 Å². The van der Waals surface area contributed by atoms with Crippen molar-refractivity contribution in [2.45, 2.75) is 38.6 Å². The Balaban J connectivity index is 2.47. The molecule has 6 heteroatoms. The first kappa shape index (κ1) is 17.7. The monoisotopic (exact) mass is 316 g/mol. The third-order valence-corrected chi connectivity index (χ3v) is 3.94. The molecule has 0 aliphatic heterocycles. The SMILES string of the molecule is CCC(C)(CCO)NC(=O)NCCc1c(F)cccc1Cl. The Morgan fingerprint density at radius 2 is 2.19 bits per heavy atom. The molecule has 21 heavy (non-hydrogen) atoms. The lowest BCUT2D eigenvalue weighted by Gasteiger charge is -2.29. The van der Waals surface area contributed by atoms with Crippen molar-refractivity contribution in [3.63, 3.8) is 0 Å². The minimum Gasteiger partial charge on any atom is -0.396 e. The van der Waals surface area contributed by atoms with E-state index in [0.717, 1.165) is 0 Å². The summed E-state index contributed by atoms with van der Waals surface area (Å²) in [6.07, 6.45) is 1.51. The van der Waals surface area contributed by atoms with E-state index < -0.39 is 5.54 Å². The molecule has 2 amide bonds. The molecule has 1 atom stereocenters. The molecule has 0 fully saturated rings. The molecule has 1 aromatic rings. The zero-order valence-corrected chi connectivity index (χ0v) is 13.1. The average Bonchev–Trinajstić information content (AvgIpc) is 2.42. The van der Waals surface area contributed by atoms with Crippen molar-refractivity contribution in [1.29, 1.82) is 0 Å². The van der Waals surface area contributed by atoms with E-state index in [9.17, 15) is 9.18 Å². The quantitative estimate of drug-likeness (QED) is 0.724. The molecule has 118 valence electrons. The number of carbonyl (C=O) groups excluding carboxylic acids is 1.